The van der Waals surface area contributed by atoms with Crippen LogP contribution < -0.4 is 10.6 Å². The Hall–Kier alpha value is -2.22. The van der Waals surface area contributed by atoms with Gasteiger partial charge in [-0.3, -0.25) is 0 Å². The highest BCUT2D eigenvalue weighted by Gasteiger charge is 2.16. The summed E-state index contributed by atoms with van der Waals surface area (Å²) in [7, 11) is 0. The van der Waals surface area contributed by atoms with Gasteiger partial charge >= 0.3 is 0 Å². The second kappa shape index (κ2) is 5.04. The van der Waals surface area contributed by atoms with E-state index in [1.807, 2.05) is 0 Å². The molecule has 1 aromatic heterocycles. The van der Waals surface area contributed by atoms with Gasteiger partial charge in [0.25, 0.3) is 0 Å². The fourth-order valence-corrected chi connectivity index (χ4v) is 2.22. The van der Waals surface area contributed by atoms with E-state index in [1.165, 1.54) is 18.2 Å². The van der Waals surface area contributed by atoms with Gasteiger partial charge in [-0.05, 0) is 18.2 Å². The highest BCUT2D eigenvalue weighted by Crippen LogP contribution is 2.24. The van der Waals surface area contributed by atoms with E-state index in [-0.39, 0.29) is 16.3 Å². The molecule has 2 aromatic rings. The van der Waals surface area contributed by atoms with Crippen LogP contribution in [-0.4, -0.2) is 4.98 Å². The smallest absolute Gasteiger partial charge is 0.168 e. The lowest BCUT2D eigenvalue weighted by Crippen LogP contribution is -2.30. The van der Waals surface area contributed by atoms with E-state index < -0.39 is 11.6 Å². The van der Waals surface area contributed by atoms with Crippen LogP contribution in [0.5, 0.6) is 0 Å². The van der Waals surface area contributed by atoms with Crippen molar-refractivity contribution in [2.45, 2.75) is 0 Å². The third kappa shape index (κ3) is 2.07. The summed E-state index contributed by atoms with van der Waals surface area (Å²) in [6, 6.07) is 5.87. The van der Waals surface area contributed by atoms with Crippen molar-refractivity contribution in [3.8, 4) is 11.3 Å². The van der Waals surface area contributed by atoms with Crippen molar-refractivity contribution in [1.82, 2.24) is 4.98 Å². The number of fused-ring (bicyclic) bond motifs is 1. The number of allylic oxidation sites excluding steroid dienone is 3. The van der Waals surface area contributed by atoms with Gasteiger partial charge in [-0.1, -0.05) is 47.7 Å². The first kappa shape index (κ1) is 12.8. The Balaban J connectivity index is 2.43. The third-order valence-electron chi connectivity index (χ3n) is 2.94. The molecule has 0 bridgehead atoms. The normalized spacial score (nSPS) is 12.3. The average Bonchev–Trinajstić information content (AvgIpc) is 2.69. The van der Waals surface area contributed by atoms with E-state index >= 15 is 0 Å². The molecule has 0 atom stereocenters. The topological polar surface area (TPSA) is 12.9 Å². The van der Waals surface area contributed by atoms with Crippen LogP contribution in [0.4, 0.5) is 8.78 Å². The molecule has 0 radical (unpaired) electrons. The van der Waals surface area contributed by atoms with Gasteiger partial charge in [-0.2, -0.15) is 0 Å². The molecule has 0 spiro atoms. The van der Waals surface area contributed by atoms with Crippen molar-refractivity contribution in [3.63, 3.8) is 0 Å². The summed E-state index contributed by atoms with van der Waals surface area (Å²) in [5, 5.41) is 0.745. The molecule has 0 amide bonds. The zero-order valence-electron chi connectivity index (χ0n) is 10.2. The molecular weight excluding hydrogens is 280 g/mol. The standard InChI is InChI=1S/C16H8ClF2N/c17-14-11-7-2-1-3-9-13(11)20-16(15(14)19)10-6-4-5-8-12(10)18/h1-8H. The average molecular weight is 288 g/mol. The predicted octanol–water partition coefficient (Wildman–Crippen LogP) is 2.97. The van der Waals surface area contributed by atoms with Crippen molar-refractivity contribution in [2.24, 2.45) is 0 Å². The Morgan fingerprint density at radius 2 is 1.90 bits per heavy atom. The Morgan fingerprint density at radius 3 is 2.70 bits per heavy atom. The summed E-state index contributed by atoms with van der Waals surface area (Å²) in [4.78, 5) is 4.15. The van der Waals surface area contributed by atoms with E-state index in [1.54, 1.807) is 30.4 Å². The molecule has 1 nitrogen and oxygen atoms in total. The number of hydrogen-bond acceptors (Lipinski definition) is 1. The van der Waals surface area contributed by atoms with Gasteiger partial charge in [0, 0.05) is 10.8 Å². The van der Waals surface area contributed by atoms with Crippen LogP contribution in [0, 0.1) is 11.6 Å². The number of benzene rings is 1. The van der Waals surface area contributed by atoms with Crippen molar-refractivity contribution in [2.75, 3.05) is 0 Å². The zero-order valence-corrected chi connectivity index (χ0v) is 11.0. The van der Waals surface area contributed by atoms with Crippen LogP contribution in [0.15, 0.2) is 42.5 Å². The summed E-state index contributed by atoms with van der Waals surface area (Å²) in [5.41, 5.74) is 2.86. The first-order chi connectivity index (χ1) is 9.68. The maximum absolute atomic E-state index is 14.3. The van der Waals surface area contributed by atoms with Crippen LogP contribution in [0.2, 0.25) is 5.02 Å². The molecule has 1 aromatic carbocycles. The van der Waals surface area contributed by atoms with Crippen molar-refractivity contribution < 1.29 is 8.78 Å². The Labute approximate surface area is 118 Å². The monoisotopic (exact) mass is 287 g/mol. The van der Waals surface area contributed by atoms with Gasteiger partial charge in [0.2, 0.25) is 0 Å². The highest BCUT2D eigenvalue weighted by atomic mass is 35.5. The molecule has 3 rings (SSSR count). The Kier molecular flexibility index (Phi) is 3.23. The number of rotatable bonds is 1. The van der Waals surface area contributed by atoms with Gasteiger partial charge in [0.1, 0.15) is 16.9 Å². The summed E-state index contributed by atoms with van der Waals surface area (Å²) in [6.45, 7) is 0. The molecule has 98 valence electrons. The zero-order chi connectivity index (χ0) is 14.1. The Morgan fingerprint density at radius 1 is 1.10 bits per heavy atom. The number of pyridine rings is 1. The molecule has 0 fully saturated rings. The summed E-state index contributed by atoms with van der Waals surface area (Å²) in [5.74, 6) is -1.28. The molecular formula is C16H8ClF2N. The van der Waals surface area contributed by atoms with Gasteiger partial charge in [-0.15, -0.1) is 0 Å². The molecule has 0 N–H and O–H groups in total. The molecule has 20 heavy (non-hydrogen) atoms. The summed E-state index contributed by atoms with van der Waals surface area (Å²) in [6.07, 6.45) is 6.75. The van der Waals surface area contributed by atoms with E-state index in [0.29, 0.717) is 10.6 Å². The van der Waals surface area contributed by atoms with Crippen LogP contribution in [0.1, 0.15) is 0 Å². The molecule has 1 heterocycles. The van der Waals surface area contributed by atoms with Crippen LogP contribution in [0.3, 0.4) is 0 Å². The van der Waals surface area contributed by atoms with E-state index in [4.69, 9.17) is 11.6 Å². The van der Waals surface area contributed by atoms with E-state index in [0.717, 1.165) is 0 Å². The number of halogens is 3. The minimum Gasteiger partial charge on any atom is -0.236 e. The third-order valence-corrected chi connectivity index (χ3v) is 3.30. The first-order valence-corrected chi connectivity index (χ1v) is 6.30. The lowest BCUT2D eigenvalue weighted by atomic mass is 10.1. The molecule has 0 saturated carbocycles. The van der Waals surface area contributed by atoms with E-state index in [2.05, 4.69) is 10.7 Å². The van der Waals surface area contributed by atoms with Gasteiger partial charge in [0.05, 0.1) is 5.02 Å². The fourth-order valence-electron chi connectivity index (χ4n) is 1.98. The minimum absolute atomic E-state index is 0.0775. The quantitative estimate of drug-likeness (QED) is 0.786. The highest BCUT2D eigenvalue weighted by molar-refractivity contribution is 6.31. The maximum atomic E-state index is 14.3. The maximum Gasteiger partial charge on any atom is 0.168 e. The van der Waals surface area contributed by atoms with Crippen molar-refractivity contribution in [1.29, 1.82) is 0 Å². The number of nitrogens with zero attached hydrogens (tertiary/aromatic N) is 1. The van der Waals surface area contributed by atoms with Gasteiger partial charge < -0.3 is 0 Å². The molecule has 0 saturated heterocycles. The molecule has 0 aliphatic heterocycles. The van der Waals surface area contributed by atoms with Gasteiger partial charge in [-0.25, -0.2) is 13.8 Å². The lowest BCUT2D eigenvalue weighted by Gasteiger charge is -2.06. The first-order valence-electron chi connectivity index (χ1n) is 5.92. The Bertz CT molecular complexity index is 878. The second-order valence-electron chi connectivity index (χ2n) is 4.19. The van der Waals surface area contributed by atoms with Gasteiger partial charge in [0.15, 0.2) is 5.82 Å². The van der Waals surface area contributed by atoms with Crippen LogP contribution in [0.25, 0.3) is 23.1 Å². The van der Waals surface area contributed by atoms with Crippen LogP contribution in [-0.2, 0) is 0 Å². The second-order valence-corrected chi connectivity index (χ2v) is 4.57. The summed E-state index contributed by atoms with van der Waals surface area (Å²) >= 11 is 6.03. The molecule has 4 heteroatoms. The number of hydrogen-bond donors (Lipinski definition) is 0. The molecule has 1 aliphatic rings. The van der Waals surface area contributed by atoms with E-state index in [9.17, 15) is 8.78 Å². The lowest BCUT2D eigenvalue weighted by molar-refractivity contribution is 0.610. The minimum atomic E-state index is -0.733. The largest absolute Gasteiger partial charge is 0.236 e. The predicted molar refractivity (Wildman–Crippen MR) is 75.4 cm³/mol. The summed E-state index contributed by atoms with van der Waals surface area (Å²) < 4.78 is 28.1. The van der Waals surface area contributed by atoms with Crippen molar-refractivity contribution >= 4 is 23.4 Å². The number of aromatic nitrogens is 1. The molecule has 0 unspecified atom stereocenters. The SMILES string of the molecule is Fc1ccccc1-c1nc2c(c(Cl)c1F)=CC=CC=C=2. The van der Waals surface area contributed by atoms with Crippen LogP contribution >= 0.6 is 11.6 Å². The van der Waals surface area contributed by atoms with Crippen molar-refractivity contribution in [3.05, 3.63) is 69.7 Å². The molecule has 1 aliphatic carbocycles. The fraction of sp³-hybridized carbons (Fsp3) is 0.